The summed E-state index contributed by atoms with van der Waals surface area (Å²) in [6.45, 7) is 1.31. The van der Waals surface area contributed by atoms with Gasteiger partial charge in [-0.15, -0.1) is 0 Å². The van der Waals surface area contributed by atoms with Crippen molar-refractivity contribution in [2.75, 3.05) is 0 Å². The van der Waals surface area contributed by atoms with Gasteiger partial charge in [-0.1, -0.05) is 11.6 Å². The molecule has 0 fully saturated rings. The summed E-state index contributed by atoms with van der Waals surface area (Å²) in [5.41, 5.74) is 0.0421. The molecule has 0 radical (unpaired) electrons. The van der Waals surface area contributed by atoms with Crippen molar-refractivity contribution in [3.63, 3.8) is 0 Å². The number of halogens is 3. The Balaban J connectivity index is 3.36. The lowest BCUT2D eigenvalue weighted by molar-refractivity contribution is 0.101. The van der Waals surface area contributed by atoms with E-state index in [9.17, 15) is 9.18 Å². The van der Waals surface area contributed by atoms with E-state index in [1.165, 1.54) is 13.0 Å². The lowest BCUT2D eigenvalue weighted by atomic mass is 10.1. The highest BCUT2D eigenvalue weighted by atomic mass is 127. The molecule has 1 aromatic carbocycles. The topological polar surface area (TPSA) is 17.1 Å². The highest BCUT2D eigenvalue weighted by Crippen LogP contribution is 2.24. The van der Waals surface area contributed by atoms with Gasteiger partial charge in [0, 0.05) is 3.57 Å². The molecule has 0 bridgehead atoms. The summed E-state index contributed by atoms with van der Waals surface area (Å²) in [6, 6.07) is 3.05. The smallest absolute Gasteiger partial charge is 0.162 e. The van der Waals surface area contributed by atoms with Gasteiger partial charge in [0.25, 0.3) is 0 Å². The summed E-state index contributed by atoms with van der Waals surface area (Å²) in [4.78, 5) is 10.8. The van der Waals surface area contributed by atoms with Crippen molar-refractivity contribution in [1.29, 1.82) is 0 Å². The number of carbonyl (C=O) groups excluding carboxylic acids is 1. The van der Waals surface area contributed by atoms with E-state index < -0.39 is 5.82 Å². The first-order valence-electron chi connectivity index (χ1n) is 3.18. The summed E-state index contributed by atoms with van der Waals surface area (Å²) in [7, 11) is 0. The molecule has 0 spiro atoms. The minimum Gasteiger partial charge on any atom is -0.294 e. The fraction of sp³-hybridized carbons (Fsp3) is 0.125. The maximum atomic E-state index is 13.2. The molecule has 0 saturated heterocycles. The van der Waals surface area contributed by atoms with Gasteiger partial charge < -0.3 is 0 Å². The van der Waals surface area contributed by atoms with Crippen LogP contribution in [0.1, 0.15) is 17.3 Å². The molecule has 0 N–H and O–H groups in total. The van der Waals surface area contributed by atoms with Crippen LogP contribution in [0.2, 0.25) is 5.02 Å². The van der Waals surface area contributed by atoms with E-state index in [0.717, 1.165) is 0 Å². The Morgan fingerprint density at radius 2 is 2.17 bits per heavy atom. The quantitative estimate of drug-likeness (QED) is 0.442. The van der Waals surface area contributed by atoms with Gasteiger partial charge in [-0.25, -0.2) is 4.39 Å². The van der Waals surface area contributed by atoms with Crippen LogP contribution in [-0.2, 0) is 0 Å². The van der Waals surface area contributed by atoms with Gasteiger partial charge in [-0.05, 0) is 41.6 Å². The predicted molar refractivity (Wildman–Crippen MR) is 54.1 cm³/mol. The Bertz CT molecular complexity index is 338. The number of benzene rings is 1. The van der Waals surface area contributed by atoms with Crippen molar-refractivity contribution in [3.8, 4) is 0 Å². The largest absolute Gasteiger partial charge is 0.294 e. The predicted octanol–water partition coefficient (Wildman–Crippen LogP) is 3.29. The molecule has 64 valence electrons. The van der Waals surface area contributed by atoms with Gasteiger partial charge in [0.2, 0.25) is 0 Å². The summed E-state index contributed by atoms with van der Waals surface area (Å²) < 4.78 is 13.8. The average molecular weight is 298 g/mol. The molecule has 0 saturated carbocycles. The zero-order valence-electron chi connectivity index (χ0n) is 6.20. The van der Waals surface area contributed by atoms with Crippen molar-refractivity contribution in [3.05, 3.63) is 32.1 Å². The van der Waals surface area contributed by atoms with Crippen LogP contribution in [0.4, 0.5) is 4.39 Å². The normalized spacial score (nSPS) is 10.0. The summed E-state index contributed by atoms with van der Waals surface area (Å²) in [6.07, 6.45) is 0. The summed E-state index contributed by atoms with van der Waals surface area (Å²) in [5.74, 6) is -0.943. The Hall–Kier alpha value is -0.160. The van der Waals surface area contributed by atoms with Gasteiger partial charge in [0.05, 0.1) is 10.6 Å². The van der Waals surface area contributed by atoms with E-state index in [0.29, 0.717) is 3.57 Å². The molecule has 1 rings (SSSR count). The van der Waals surface area contributed by atoms with Crippen LogP contribution in [0.5, 0.6) is 0 Å². The molecule has 0 aliphatic carbocycles. The SMILES string of the molecule is CC(=O)c1ccc(I)c(Cl)c1F. The molecule has 0 amide bonds. The fourth-order valence-corrected chi connectivity index (χ4v) is 1.38. The molecule has 0 aliphatic heterocycles. The third kappa shape index (κ3) is 1.77. The molecule has 0 aromatic heterocycles. The fourth-order valence-electron chi connectivity index (χ4n) is 0.798. The third-order valence-electron chi connectivity index (χ3n) is 1.41. The van der Waals surface area contributed by atoms with E-state index >= 15 is 0 Å². The van der Waals surface area contributed by atoms with Gasteiger partial charge in [-0.2, -0.15) is 0 Å². The first-order valence-corrected chi connectivity index (χ1v) is 4.64. The maximum absolute atomic E-state index is 13.2. The second-order valence-corrected chi connectivity index (χ2v) is 3.82. The molecular weight excluding hydrogens is 293 g/mol. The van der Waals surface area contributed by atoms with Crippen LogP contribution in [0, 0.1) is 9.39 Å². The van der Waals surface area contributed by atoms with Crippen LogP contribution in [0.25, 0.3) is 0 Å². The summed E-state index contributed by atoms with van der Waals surface area (Å²) >= 11 is 7.50. The van der Waals surface area contributed by atoms with Gasteiger partial charge in [-0.3, -0.25) is 4.79 Å². The minimum absolute atomic E-state index is 0.0169. The molecule has 0 aliphatic rings. The number of rotatable bonds is 1. The van der Waals surface area contributed by atoms with Crippen LogP contribution >= 0.6 is 34.2 Å². The number of hydrogen-bond donors (Lipinski definition) is 0. The van der Waals surface area contributed by atoms with Crippen LogP contribution in [0.15, 0.2) is 12.1 Å². The number of Topliss-reactive ketones (excluding diaryl/α,β-unsaturated/α-hetero) is 1. The van der Waals surface area contributed by atoms with Crippen molar-refractivity contribution in [1.82, 2.24) is 0 Å². The second-order valence-electron chi connectivity index (χ2n) is 2.28. The van der Waals surface area contributed by atoms with Gasteiger partial charge >= 0.3 is 0 Å². The lowest BCUT2D eigenvalue weighted by Crippen LogP contribution is -1.98. The van der Waals surface area contributed by atoms with Crippen molar-refractivity contribution in [2.24, 2.45) is 0 Å². The van der Waals surface area contributed by atoms with Crippen LogP contribution in [-0.4, -0.2) is 5.78 Å². The van der Waals surface area contributed by atoms with E-state index in [-0.39, 0.29) is 16.4 Å². The van der Waals surface area contributed by atoms with Crippen molar-refractivity contribution < 1.29 is 9.18 Å². The van der Waals surface area contributed by atoms with Crippen LogP contribution in [0.3, 0.4) is 0 Å². The molecule has 0 unspecified atom stereocenters. The zero-order valence-corrected chi connectivity index (χ0v) is 9.11. The Kier molecular flexibility index (Phi) is 3.06. The highest BCUT2D eigenvalue weighted by molar-refractivity contribution is 14.1. The lowest BCUT2D eigenvalue weighted by Gasteiger charge is -2.01. The Labute approximate surface area is 88.1 Å². The molecular formula is C8H5ClFIO. The van der Waals surface area contributed by atoms with Gasteiger partial charge in [0.1, 0.15) is 0 Å². The number of ketones is 1. The molecule has 1 nitrogen and oxygen atoms in total. The zero-order chi connectivity index (χ0) is 9.30. The molecule has 1 aromatic rings. The number of hydrogen-bond acceptors (Lipinski definition) is 1. The third-order valence-corrected chi connectivity index (χ3v) is 3.00. The van der Waals surface area contributed by atoms with E-state index in [2.05, 4.69) is 0 Å². The second kappa shape index (κ2) is 3.70. The standard InChI is InChI=1S/C8H5ClFIO/c1-4(12)5-2-3-6(11)7(9)8(5)10/h2-3H,1H3. The minimum atomic E-state index is -0.629. The first kappa shape index (κ1) is 9.92. The van der Waals surface area contributed by atoms with E-state index in [4.69, 9.17) is 11.6 Å². The molecule has 4 heteroatoms. The van der Waals surface area contributed by atoms with Crippen LogP contribution < -0.4 is 0 Å². The number of carbonyl (C=O) groups is 1. The highest BCUT2D eigenvalue weighted by Gasteiger charge is 2.12. The molecule has 12 heavy (non-hydrogen) atoms. The van der Waals surface area contributed by atoms with E-state index in [1.807, 2.05) is 22.6 Å². The monoisotopic (exact) mass is 298 g/mol. The maximum Gasteiger partial charge on any atom is 0.162 e. The van der Waals surface area contributed by atoms with Crippen molar-refractivity contribution >= 4 is 40.0 Å². The summed E-state index contributed by atoms with van der Waals surface area (Å²) in [5, 5.41) is 0.0169. The molecule has 0 atom stereocenters. The average Bonchev–Trinajstić information content (AvgIpc) is 2.00. The first-order chi connectivity index (χ1) is 5.54. The van der Waals surface area contributed by atoms with Gasteiger partial charge in [0.15, 0.2) is 11.6 Å². The Morgan fingerprint density at radius 1 is 1.58 bits per heavy atom. The molecule has 0 heterocycles. The Morgan fingerprint density at radius 3 is 2.67 bits per heavy atom. The van der Waals surface area contributed by atoms with E-state index in [1.54, 1.807) is 6.07 Å². The van der Waals surface area contributed by atoms with Crippen molar-refractivity contribution in [2.45, 2.75) is 6.92 Å².